The lowest BCUT2D eigenvalue weighted by molar-refractivity contribution is -0.335. The zero-order valence-corrected chi connectivity index (χ0v) is 28.6. The van der Waals surface area contributed by atoms with Gasteiger partial charge in [0.1, 0.15) is 61.0 Å². The average molecular weight is 723 g/mol. The third kappa shape index (κ3) is 12.1. The molecule has 19 heteroatoms. The van der Waals surface area contributed by atoms with Crippen LogP contribution < -0.4 is 0 Å². The number of ether oxygens (including phenoxy) is 6. The minimum Gasteiger partial charge on any atom is -0.390 e. The molecule has 0 radical (unpaired) electrons. The number of aliphatic hydroxyl groups is 9. The van der Waals surface area contributed by atoms with E-state index in [1.54, 1.807) is 20.8 Å². The van der Waals surface area contributed by atoms with Crippen LogP contribution >= 0.6 is 7.60 Å². The van der Waals surface area contributed by atoms with Crippen molar-refractivity contribution < 1.29 is 88.4 Å². The van der Waals surface area contributed by atoms with Crippen molar-refractivity contribution in [3.63, 3.8) is 0 Å². The standard InChI is InChI=1S/C29H55O18P/c1-29(2,3)44-13-17-21(33)24(36)26(38)28(47-17)43-12-16-20(32)23(35)25(37)27(46-16)42-11-14-10-15(19(31)22(34)18(14)30)41-8-6-5-7-9-45-48(4,39)40/h14-28,30-38H,5-13H2,1-4H3,(H,39,40). The number of unbranched alkanes of at least 4 members (excludes halogenated alkanes) is 2. The van der Waals surface area contributed by atoms with E-state index in [2.05, 4.69) is 0 Å². The molecule has 1 saturated carbocycles. The van der Waals surface area contributed by atoms with Crippen molar-refractivity contribution in [2.45, 2.75) is 138 Å². The second kappa shape index (κ2) is 18.3. The van der Waals surface area contributed by atoms with E-state index in [0.717, 1.165) is 6.66 Å². The topological polar surface area (TPSA) is 284 Å². The van der Waals surface area contributed by atoms with Crippen LogP contribution in [-0.4, -0.2) is 182 Å². The number of aliphatic hydroxyl groups excluding tert-OH is 9. The molecule has 1 aliphatic carbocycles. The average Bonchev–Trinajstić information content (AvgIpc) is 3.01. The van der Waals surface area contributed by atoms with Gasteiger partial charge in [0.25, 0.3) is 0 Å². The van der Waals surface area contributed by atoms with Crippen LogP contribution in [0.15, 0.2) is 0 Å². The molecule has 2 aliphatic heterocycles. The molecule has 10 N–H and O–H groups in total. The Kier molecular flexibility index (Phi) is 16.0. The van der Waals surface area contributed by atoms with Gasteiger partial charge in [0, 0.05) is 19.2 Å². The van der Waals surface area contributed by atoms with Crippen LogP contribution in [0, 0.1) is 5.92 Å². The van der Waals surface area contributed by atoms with Crippen molar-refractivity contribution in [2.24, 2.45) is 5.92 Å². The summed E-state index contributed by atoms with van der Waals surface area (Å²) in [5.41, 5.74) is -0.589. The fourth-order valence-corrected chi connectivity index (χ4v) is 6.05. The van der Waals surface area contributed by atoms with E-state index in [9.17, 15) is 50.5 Å². The van der Waals surface area contributed by atoms with Gasteiger partial charge in [0.05, 0.1) is 44.2 Å². The minimum absolute atomic E-state index is 0.0533. The number of hydrogen-bond donors (Lipinski definition) is 10. The third-order valence-corrected chi connectivity index (χ3v) is 9.13. The second-order valence-electron chi connectivity index (χ2n) is 13.7. The van der Waals surface area contributed by atoms with Gasteiger partial charge in [0.2, 0.25) is 0 Å². The molecule has 0 amide bonds. The van der Waals surface area contributed by atoms with Gasteiger partial charge in [0.15, 0.2) is 12.6 Å². The highest BCUT2D eigenvalue weighted by molar-refractivity contribution is 7.51. The quantitative estimate of drug-likeness (QED) is 0.0559. The van der Waals surface area contributed by atoms with Crippen molar-refractivity contribution in [3.05, 3.63) is 0 Å². The van der Waals surface area contributed by atoms with Crippen molar-refractivity contribution >= 4 is 7.60 Å². The smallest absolute Gasteiger partial charge is 0.325 e. The van der Waals surface area contributed by atoms with Crippen molar-refractivity contribution in [3.8, 4) is 0 Å². The summed E-state index contributed by atoms with van der Waals surface area (Å²) < 4.78 is 49.9. The first-order valence-electron chi connectivity index (χ1n) is 16.2. The maximum atomic E-state index is 11.2. The Morgan fingerprint density at radius 1 is 0.625 bits per heavy atom. The monoisotopic (exact) mass is 722 g/mol. The van der Waals surface area contributed by atoms with E-state index in [0.29, 0.717) is 19.3 Å². The van der Waals surface area contributed by atoms with Crippen LogP contribution in [0.3, 0.4) is 0 Å². The summed E-state index contributed by atoms with van der Waals surface area (Å²) in [5.74, 6) is -0.800. The van der Waals surface area contributed by atoms with Gasteiger partial charge in [-0.25, -0.2) is 0 Å². The Balaban J connectivity index is 1.52. The Hall–Kier alpha value is -0.450. The summed E-state index contributed by atoms with van der Waals surface area (Å²) >= 11 is 0. The highest BCUT2D eigenvalue weighted by atomic mass is 31.2. The number of rotatable bonds is 16. The van der Waals surface area contributed by atoms with Gasteiger partial charge in [-0.15, -0.1) is 0 Å². The lowest BCUT2D eigenvalue weighted by Crippen LogP contribution is -2.62. The van der Waals surface area contributed by atoms with Crippen LogP contribution in [0.1, 0.15) is 46.5 Å². The van der Waals surface area contributed by atoms with E-state index in [1.165, 1.54) is 0 Å². The van der Waals surface area contributed by atoms with Crippen LogP contribution in [0.4, 0.5) is 0 Å². The van der Waals surface area contributed by atoms with Gasteiger partial charge in [-0.05, 0) is 46.5 Å². The van der Waals surface area contributed by atoms with Crippen LogP contribution in [0.5, 0.6) is 0 Å². The van der Waals surface area contributed by atoms with Gasteiger partial charge < -0.3 is 83.8 Å². The highest BCUT2D eigenvalue weighted by Gasteiger charge is 2.49. The van der Waals surface area contributed by atoms with Gasteiger partial charge >= 0.3 is 7.60 Å². The summed E-state index contributed by atoms with van der Waals surface area (Å²) in [5, 5.41) is 94.2. The maximum Gasteiger partial charge on any atom is 0.325 e. The summed E-state index contributed by atoms with van der Waals surface area (Å²) in [4.78, 5) is 9.15. The van der Waals surface area contributed by atoms with Crippen LogP contribution in [0.2, 0.25) is 0 Å². The Labute approximate surface area is 279 Å². The zero-order valence-electron chi connectivity index (χ0n) is 27.7. The summed E-state index contributed by atoms with van der Waals surface area (Å²) in [6.45, 7) is 5.77. The predicted octanol–water partition coefficient (Wildman–Crippen LogP) is -3.06. The molecule has 3 aliphatic rings. The van der Waals surface area contributed by atoms with Crippen LogP contribution in [-0.2, 0) is 37.5 Å². The largest absolute Gasteiger partial charge is 0.390 e. The first-order chi connectivity index (χ1) is 22.3. The Morgan fingerprint density at radius 3 is 1.67 bits per heavy atom. The van der Waals surface area contributed by atoms with Crippen molar-refractivity contribution in [1.29, 1.82) is 0 Å². The lowest BCUT2D eigenvalue weighted by Gasteiger charge is -2.44. The molecule has 18 nitrogen and oxygen atoms in total. The third-order valence-electron chi connectivity index (χ3n) is 8.47. The molecule has 0 bridgehead atoms. The fourth-order valence-electron chi connectivity index (χ4n) is 5.58. The minimum atomic E-state index is -3.55. The fraction of sp³-hybridized carbons (Fsp3) is 1.00. The van der Waals surface area contributed by atoms with Crippen molar-refractivity contribution in [2.75, 3.05) is 39.7 Å². The first-order valence-corrected chi connectivity index (χ1v) is 18.2. The number of hydrogen-bond acceptors (Lipinski definition) is 17. The molecular weight excluding hydrogens is 667 g/mol. The molecule has 2 heterocycles. The summed E-state index contributed by atoms with van der Waals surface area (Å²) in [6, 6.07) is 0. The zero-order chi connectivity index (χ0) is 36.0. The van der Waals surface area contributed by atoms with E-state index < -0.39 is 112 Å². The first kappa shape index (κ1) is 42.0. The molecule has 284 valence electrons. The van der Waals surface area contributed by atoms with Gasteiger partial charge in [-0.3, -0.25) is 4.57 Å². The molecule has 16 unspecified atom stereocenters. The molecular formula is C29H55O18P. The summed E-state index contributed by atoms with van der Waals surface area (Å²) in [7, 11) is -3.55. The molecule has 0 aromatic rings. The second-order valence-corrected chi connectivity index (χ2v) is 15.6. The van der Waals surface area contributed by atoms with E-state index in [1.807, 2.05) is 0 Å². The normalized spacial score (nSPS) is 42.4. The Morgan fingerprint density at radius 2 is 1.12 bits per heavy atom. The van der Waals surface area contributed by atoms with Crippen molar-refractivity contribution in [1.82, 2.24) is 0 Å². The predicted molar refractivity (Wildman–Crippen MR) is 162 cm³/mol. The highest BCUT2D eigenvalue weighted by Crippen LogP contribution is 2.36. The van der Waals surface area contributed by atoms with Crippen LogP contribution in [0.25, 0.3) is 0 Å². The molecule has 3 rings (SSSR count). The molecule has 16 atom stereocenters. The molecule has 0 spiro atoms. The van der Waals surface area contributed by atoms with E-state index in [-0.39, 0.29) is 32.8 Å². The molecule has 3 fully saturated rings. The molecule has 2 saturated heterocycles. The molecule has 0 aromatic carbocycles. The molecule has 48 heavy (non-hydrogen) atoms. The lowest BCUT2D eigenvalue weighted by atomic mass is 9.81. The maximum absolute atomic E-state index is 11.2. The molecule has 0 aromatic heterocycles. The SMILES string of the molecule is CC(C)(C)OCC1OC(OCC2OC(OCC3CC(OCCCCCOP(C)(=O)O)C(O)C(O)C3O)C(O)C(O)C2O)C(O)C(O)C1O. The Bertz CT molecular complexity index is 996. The van der Waals surface area contributed by atoms with E-state index in [4.69, 9.17) is 37.8 Å². The van der Waals surface area contributed by atoms with Gasteiger partial charge in [-0.2, -0.15) is 0 Å². The van der Waals surface area contributed by atoms with E-state index >= 15 is 0 Å². The van der Waals surface area contributed by atoms with Gasteiger partial charge in [-0.1, -0.05) is 0 Å². The summed E-state index contributed by atoms with van der Waals surface area (Å²) in [6.07, 6.45) is -19.0.